The van der Waals surface area contributed by atoms with Crippen molar-refractivity contribution in [1.29, 1.82) is 0 Å². The molecule has 4 aliphatic heterocycles. The summed E-state index contributed by atoms with van der Waals surface area (Å²) < 4.78 is 32.6. The molecule has 4 fully saturated rings. The number of ether oxygens (including phenoxy) is 1. The molecule has 0 atom stereocenters. The van der Waals surface area contributed by atoms with Crippen LogP contribution in [0, 0.1) is 6.92 Å². The maximum Gasteiger partial charge on any atom is 0.328 e. The minimum absolute atomic E-state index is 0.0543. The van der Waals surface area contributed by atoms with Gasteiger partial charge in [0, 0.05) is 62.6 Å². The number of carbonyl (C=O) groups is 2. The summed E-state index contributed by atoms with van der Waals surface area (Å²) in [5.74, 6) is 1.52. The van der Waals surface area contributed by atoms with Crippen molar-refractivity contribution in [3.05, 3.63) is 83.0 Å². The molecule has 5 heterocycles. The Hall–Kier alpha value is -4.96. The average Bonchev–Trinajstić information content (AvgIpc) is 3.23. The minimum Gasteiger partial charge on any atom is -0.489 e. The van der Waals surface area contributed by atoms with Crippen LogP contribution in [-0.2, 0) is 14.6 Å². The maximum atomic E-state index is 13.1. The molecule has 330 valence electrons. The third kappa shape index (κ3) is 9.51. The van der Waals surface area contributed by atoms with Gasteiger partial charge in [-0.3, -0.25) is 19.9 Å². The molecule has 0 radical (unpaired) electrons. The molecule has 4 saturated heterocycles. The molecule has 0 spiro atoms. The van der Waals surface area contributed by atoms with Gasteiger partial charge < -0.3 is 25.2 Å². The number of hydrogen-bond donors (Lipinski definition) is 3. The van der Waals surface area contributed by atoms with Crippen LogP contribution in [0.1, 0.15) is 76.8 Å². The molecule has 3 amide bonds. The number of nitrogens with zero attached hydrogens (tertiary/aromatic N) is 6. The van der Waals surface area contributed by atoms with E-state index in [0.29, 0.717) is 42.6 Å². The highest BCUT2D eigenvalue weighted by molar-refractivity contribution is 7.92. The Morgan fingerprint density at radius 2 is 1.48 bits per heavy atom. The van der Waals surface area contributed by atoms with Crippen molar-refractivity contribution in [1.82, 2.24) is 25.1 Å². The molecular formula is C46H58ClN9O5S. The first kappa shape index (κ1) is 43.7. The van der Waals surface area contributed by atoms with E-state index in [-0.39, 0.29) is 33.8 Å². The van der Waals surface area contributed by atoms with Gasteiger partial charge in [-0.1, -0.05) is 23.7 Å². The summed E-state index contributed by atoms with van der Waals surface area (Å²) in [5.41, 5.74) is 5.60. The molecular weight excluding hydrogens is 826 g/mol. The smallest absolute Gasteiger partial charge is 0.328 e. The van der Waals surface area contributed by atoms with Gasteiger partial charge in [0.2, 0.25) is 11.9 Å². The molecule has 4 aromatic rings. The third-order valence-electron chi connectivity index (χ3n) is 12.7. The number of piperidine rings is 2. The van der Waals surface area contributed by atoms with Gasteiger partial charge in [-0.05, 0) is 139 Å². The van der Waals surface area contributed by atoms with E-state index in [0.717, 1.165) is 69.2 Å². The summed E-state index contributed by atoms with van der Waals surface area (Å²) in [4.78, 5) is 42.5. The Kier molecular flexibility index (Phi) is 13.0. The number of amides is 3. The molecule has 16 heteroatoms. The monoisotopic (exact) mass is 883 g/mol. The van der Waals surface area contributed by atoms with Crippen LogP contribution in [-0.4, -0.2) is 109 Å². The number of carbonyl (C=O) groups excluding carboxylic acids is 2. The van der Waals surface area contributed by atoms with E-state index >= 15 is 0 Å². The number of anilines is 6. The molecule has 0 aliphatic carbocycles. The summed E-state index contributed by atoms with van der Waals surface area (Å²) in [7, 11) is -3.56. The van der Waals surface area contributed by atoms with Gasteiger partial charge in [0.05, 0.1) is 33.8 Å². The molecule has 1 aromatic heterocycles. The van der Waals surface area contributed by atoms with E-state index in [2.05, 4.69) is 71.8 Å². The van der Waals surface area contributed by atoms with E-state index in [1.54, 1.807) is 43.0 Å². The van der Waals surface area contributed by atoms with E-state index < -0.39 is 15.1 Å². The summed E-state index contributed by atoms with van der Waals surface area (Å²) in [6.45, 7) is 16.3. The molecule has 4 aliphatic rings. The quantitative estimate of drug-likeness (QED) is 0.120. The largest absolute Gasteiger partial charge is 0.489 e. The molecule has 0 bridgehead atoms. The predicted molar refractivity (Wildman–Crippen MR) is 245 cm³/mol. The van der Waals surface area contributed by atoms with Crippen LogP contribution in [0.3, 0.4) is 0 Å². The first-order chi connectivity index (χ1) is 29.7. The number of likely N-dealkylation sites (tertiary alicyclic amines) is 2. The molecule has 3 aromatic carbocycles. The van der Waals surface area contributed by atoms with Gasteiger partial charge in [-0.2, -0.15) is 4.98 Å². The van der Waals surface area contributed by atoms with Crippen LogP contribution in [0.25, 0.3) is 0 Å². The zero-order chi connectivity index (χ0) is 43.7. The lowest BCUT2D eigenvalue weighted by Crippen LogP contribution is -2.62. The second-order valence-corrected chi connectivity index (χ2v) is 20.4. The number of hydrogen-bond acceptors (Lipinski definition) is 12. The summed E-state index contributed by atoms with van der Waals surface area (Å²) >= 11 is 6.54. The average molecular weight is 885 g/mol. The van der Waals surface area contributed by atoms with Gasteiger partial charge in [0.15, 0.2) is 15.7 Å². The second-order valence-electron chi connectivity index (χ2n) is 17.5. The number of rotatable bonds is 13. The predicted octanol–water partition coefficient (Wildman–Crippen LogP) is 7.87. The van der Waals surface area contributed by atoms with Crippen molar-refractivity contribution >= 4 is 67.9 Å². The fourth-order valence-corrected chi connectivity index (χ4v) is 10.5. The normalized spacial score (nSPS) is 18.9. The van der Waals surface area contributed by atoms with E-state index in [1.807, 2.05) is 26.0 Å². The lowest BCUT2D eigenvalue weighted by molar-refractivity contribution is -0.120. The highest BCUT2D eigenvalue weighted by Crippen LogP contribution is 2.40. The lowest BCUT2D eigenvalue weighted by Gasteiger charge is -2.50. The first-order valence-corrected chi connectivity index (χ1v) is 23.8. The van der Waals surface area contributed by atoms with Gasteiger partial charge >= 0.3 is 6.03 Å². The number of para-hydroxylation sites is 1. The van der Waals surface area contributed by atoms with Crippen LogP contribution in [0.5, 0.6) is 5.75 Å². The number of urea groups is 1. The Morgan fingerprint density at radius 3 is 2.16 bits per heavy atom. The molecule has 0 saturated carbocycles. The second kappa shape index (κ2) is 18.4. The Bertz CT molecular complexity index is 2380. The van der Waals surface area contributed by atoms with Gasteiger partial charge in [0.25, 0.3) is 0 Å². The topological polar surface area (TPSA) is 152 Å². The maximum absolute atomic E-state index is 13.1. The van der Waals surface area contributed by atoms with Gasteiger partial charge in [-0.25, -0.2) is 18.2 Å². The van der Waals surface area contributed by atoms with Crippen molar-refractivity contribution in [2.45, 2.75) is 101 Å². The Balaban J connectivity index is 0.848. The van der Waals surface area contributed by atoms with E-state index in [4.69, 9.17) is 16.3 Å². The van der Waals surface area contributed by atoms with Crippen molar-refractivity contribution in [3.8, 4) is 5.75 Å². The number of aryl methyl sites for hydroxylation is 1. The van der Waals surface area contributed by atoms with E-state index in [1.165, 1.54) is 35.9 Å². The Morgan fingerprint density at radius 1 is 0.823 bits per heavy atom. The van der Waals surface area contributed by atoms with Crippen molar-refractivity contribution < 1.29 is 22.7 Å². The lowest BCUT2D eigenvalue weighted by atomic mass is 9.85. The number of sulfone groups is 1. The summed E-state index contributed by atoms with van der Waals surface area (Å²) in [6, 6.07) is 20.0. The zero-order valence-electron chi connectivity index (χ0n) is 36.2. The van der Waals surface area contributed by atoms with Gasteiger partial charge in [-0.15, -0.1) is 0 Å². The summed E-state index contributed by atoms with van der Waals surface area (Å²) in [5, 5.41) is 8.56. The SMILES string of the molecule is Cc1cc(Nc2ncc(Cl)c(Nc3ccccc3S(=O)(=O)C(C)C)n2)c(OC(C)C)cc1C1CCN(C2CCN(C3CN(c4ccc(N5CCC(=O)NC5=O)cc4)C3)CC2)CC1. The van der Waals surface area contributed by atoms with Gasteiger partial charge in [0.1, 0.15) is 10.8 Å². The number of nitrogens with one attached hydrogen (secondary N) is 3. The van der Waals surface area contributed by atoms with Crippen LogP contribution in [0.15, 0.2) is 71.8 Å². The first-order valence-electron chi connectivity index (χ1n) is 21.9. The van der Waals surface area contributed by atoms with Crippen LogP contribution >= 0.6 is 11.6 Å². The molecule has 8 rings (SSSR count). The van der Waals surface area contributed by atoms with E-state index in [9.17, 15) is 18.0 Å². The summed E-state index contributed by atoms with van der Waals surface area (Å²) in [6.07, 6.45) is 6.33. The minimum atomic E-state index is -3.56. The van der Waals surface area contributed by atoms with Crippen LogP contribution < -0.4 is 30.5 Å². The Labute approximate surface area is 370 Å². The molecule has 14 nitrogen and oxygen atoms in total. The number of aromatic nitrogens is 2. The van der Waals surface area contributed by atoms with Crippen molar-refractivity contribution in [3.63, 3.8) is 0 Å². The third-order valence-corrected chi connectivity index (χ3v) is 15.2. The van der Waals surface area contributed by atoms with Crippen molar-refractivity contribution in [2.24, 2.45) is 0 Å². The molecule has 62 heavy (non-hydrogen) atoms. The standard InChI is InChI=1S/C46H58ClN9O5S/c1-29(2)61-41-25-37(31(5)24-40(41)50-45-48-26-38(47)44(52-45)49-39-8-6-7-9-42(39)62(59,60)30(3)4)32-14-19-53(20-15-32)34-16-21-54(22-17-34)36-27-55(28-36)33-10-12-35(13-11-33)56-23-18-43(57)51-46(56)58/h6-13,24-26,29-30,32,34,36H,14-23,27-28H2,1-5H3,(H,51,57,58)(H2,48,49,50,52). The molecule has 3 N–H and O–H groups in total. The van der Waals surface area contributed by atoms with Crippen LogP contribution in [0.4, 0.5) is 39.3 Å². The number of halogens is 1. The highest BCUT2D eigenvalue weighted by atomic mass is 35.5. The number of imide groups is 1. The van der Waals surface area contributed by atoms with Crippen LogP contribution in [0.2, 0.25) is 5.02 Å². The fourth-order valence-electron chi connectivity index (χ4n) is 9.17. The number of benzene rings is 3. The highest BCUT2D eigenvalue weighted by Gasteiger charge is 2.36. The van der Waals surface area contributed by atoms with Crippen molar-refractivity contribution in [2.75, 3.05) is 66.2 Å². The fraction of sp³-hybridized carbons (Fsp3) is 0.478. The zero-order valence-corrected chi connectivity index (χ0v) is 37.8. The molecule has 0 unspecified atom stereocenters.